The summed E-state index contributed by atoms with van der Waals surface area (Å²) < 4.78 is 5.77. The highest BCUT2D eigenvalue weighted by molar-refractivity contribution is 6.37. The Balaban J connectivity index is 1.93. The van der Waals surface area contributed by atoms with Crippen molar-refractivity contribution in [2.75, 3.05) is 5.01 Å². The van der Waals surface area contributed by atoms with Crippen molar-refractivity contribution in [1.82, 2.24) is 5.43 Å². The van der Waals surface area contributed by atoms with Crippen LogP contribution in [0.2, 0.25) is 10.0 Å². The smallest absolute Gasteiger partial charge is 0.282 e. The third-order valence-electron chi connectivity index (χ3n) is 3.65. The van der Waals surface area contributed by atoms with Gasteiger partial charge in [0.15, 0.2) is 5.75 Å². The Morgan fingerprint density at radius 1 is 1.04 bits per heavy atom. The molecule has 2 aromatic carbocycles. The van der Waals surface area contributed by atoms with Crippen LogP contribution in [0.15, 0.2) is 48.0 Å². The molecule has 0 saturated carbocycles. The highest BCUT2D eigenvalue weighted by atomic mass is 35.5. The number of nitrogens with one attached hydrogen (secondary N) is 1. The lowest BCUT2D eigenvalue weighted by Gasteiger charge is -2.23. The molecule has 1 aliphatic rings. The maximum absolute atomic E-state index is 12.6. The average molecular weight is 405 g/mol. The van der Waals surface area contributed by atoms with Crippen LogP contribution in [0.4, 0.5) is 5.69 Å². The number of para-hydroxylation sites is 1. The summed E-state index contributed by atoms with van der Waals surface area (Å²) in [5.41, 5.74) is 3.18. The molecule has 0 unspecified atom stereocenters. The highest BCUT2D eigenvalue weighted by Gasteiger charge is 2.34. The van der Waals surface area contributed by atoms with E-state index in [1.165, 1.54) is 11.1 Å². The summed E-state index contributed by atoms with van der Waals surface area (Å²) in [6, 6.07) is 12.1. The minimum Gasteiger partial charge on any atom is -0.485 e. The Morgan fingerprint density at radius 3 is 2.19 bits per heavy atom. The van der Waals surface area contributed by atoms with Crippen molar-refractivity contribution in [3.63, 3.8) is 0 Å². The molecule has 140 valence electrons. The standard InChI is InChI=1S/C20H18Cl2N2O3/c1-20(2,3)27-17-15(21)10-12(11-16(17)22)9-14-18(25)23-24(19(14)26)13-7-5-4-6-8-13/h4-11H,1-3H3,(H,23,25)/b14-9-. The fourth-order valence-electron chi connectivity index (χ4n) is 2.55. The molecule has 3 rings (SSSR count). The Bertz CT molecular complexity index is 911. The van der Waals surface area contributed by atoms with Crippen LogP contribution >= 0.6 is 23.2 Å². The second kappa shape index (κ2) is 7.25. The summed E-state index contributed by atoms with van der Waals surface area (Å²) >= 11 is 12.6. The van der Waals surface area contributed by atoms with E-state index in [0.717, 1.165) is 0 Å². The first-order valence-electron chi connectivity index (χ1n) is 8.26. The maximum Gasteiger partial charge on any atom is 0.282 e. The van der Waals surface area contributed by atoms with Crippen LogP contribution in [0.25, 0.3) is 6.08 Å². The van der Waals surface area contributed by atoms with Gasteiger partial charge in [-0.15, -0.1) is 0 Å². The molecule has 1 heterocycles. The molecule has 1 aliphatic heterocycles. The molecule has 1 saturated heterocycles. The monoisotopic (exact) mass is 404 g/mol. The van der Waals surface area contributed by atoms with Crippen LogP contribution in [0.1, 0.15) is 26.3 Å². The van der Waals surface area contributed by atoms with Crippen molar-refractivity contribution >= 4 is 46.8 Å². The van der Waals surface area contributed by atoms with Crippen LogP contribution in [0, 0.1) is 0 Å². The SMILES string of the molecule is CC(C)(C)Oc1c(Cl)cc(/C=C2/C(=O)NN(c3ccccc3)C2=O)cc1Cl. The molecule has 2 aromatic rings. The molecule has 2 amide bonds. The molecular formula is C20H18Cl2N2O3. The van der Waals surface area contributed by atoms with Crippen molar-refractivity contribution in [2.45, 2.75) is 26.4 Å². The van der Waals surface area contributed by atoms with Gasteiger partial charge < -0.3 is 4.74 Å². The molecule has 5 nitrogen and oxygen atoms in total. The molecule has 1 N–H and O–H groups in total. The van der Waals surface area contributed by atoms with Gasteiger partial charge in [-0.2, -0.15) is 0 Å². The Morgan fingerprint density at radius 2 is 1.63 bits per heavy atom. The number of anilines is 1. The summed E-state index contributed by atoms with van der Waals surface area (Å²) in [6.07, 6.45) is 1.46. The van der Waals surface area contributed by atoms with Gasteiger partial charge in [0.2, 0.25) is 0 Å². The number of carbonyl (C=O) groups is 2. The maximum atomic E-state index is 12.6. The Kier molecular flexibility index (Phi) is 5.18. The zero-order valence-electron chi connectivity index (χ0n) is 15.0. The second-order valence-corrected chi connectivity index (χ2v) is 7.82. The zero-order chi connectivity index (χ0) is 19.8. The lowest BCUT2D eigenvalue weighted by molar-refractivity contribution is -0.117. The van der Waals surface area contributed by atoms with Crippen LogP contribution in [-0.4, -0.2) is 17.4 Å². The van der Waals surface area contributed by atoms with Gasteiger partial charge in [0.25, 0.3) is 11.8 Å². The minimum absolute atomic E-state index is 0.00419. The molecule has 0 bridgehead atoms. The summed E-state index contributed by atoms with van der Waals surface area (Å²) in [6.45, 7) is 5.65. The minimum atomic E-state index is -0.494. The van der Waals surface area contributed by atoms with E-state index in [2.05, 4.69) is 5.43 Å². The van der Waals surface area contributed by atoms with E-state index in [4.69, 9.17) is 27.9 Å². The van der Waals surface area contributed by atoms with Crippen molar-refractivity contribution in [3.05, 3.63) is 63.6 Å². The number of nitrogens with zero attached hydrogens (tertiary/aromatic N) is 1. The Hall–Kier alpha value is -2.50. The van der Waals surface area contributed by atoms with Gasteiger partial charge in [-0.1, -0.05) is 41.4 Å². The van der Waals surface area contributed by atoms with Crippen LogP contribution in [-0.2, 0) is 9.59 Å². The molecular weight excluding hydrogens is 387 g/mol. The largest absolute Gasteiger partial charge is 0.485 e. The first-order chi connectivity index (χ1) is 12.7. The topological polar surface area (TPSA) is 58.6 Å². The van der Waals surface area contributed by atoms with Gasteiger partial charge in [-0.05, 0) is 56.7 Å². The number of rotatable bonds is 3. The quantitative estimate of drug-likeness (QED) is 0.598. The fraction of sp³-hybridized carbons (Fsp3) is 0.200. The molecule has 1 fully saturated rings. The van der Waals surface area contributed by atoms with Crippen molar-refractivity contribution < 1.29 is 14.3 Å². The van der Waals surface area contributed by atoms with Gasteiger partial charge in [0.1, 0.15) is 11.2 Å². The first kappa shape index (κ1) is 19.3. The van der Waals surface area contributed by atoms with Crippen LogP contribution in [0.3, 0.4) is 0 Å². The third-order valence-corrected chi connectivity index (χ3v) is 4.21. The van der Waals surface area contributed by atoms with Gasteiger partial charge in [-0.3, -0.25) is 15.0 Å². The van der Waals surface area contributed by atoms with E-state index in [1.807, 2.05) is 26.8 Å². The second-order valence-electron chi connectivity index (χ2n) is 7.00. The van der Waals surface area contributed by atoms with E-state index in [9.17, 15) is 9.59 Å². The van der Waals surface area contributed by atoms with Crippen molar-refractivity contribution in [3.8, 4) is 5.75 Å². The summed E-state index contributed by atoms with van der Waals surface area (Å²) in [5, 5.41) is 1.80. The fourth-order valence-corrected chi connectivity index (χ4v) is 3.13. The number of carbonyl (C=O) groups excluding carboxylic acids is 2. The average Bonchev–Trinajstić information content (AvgIpc) is 2.86. The molecule has 0 radical (unpaired) electrons. The molecule has 7 heteroatoms. The predicted molar refractivity (Wildman–Crippen MR) is 107 cm³/mol. The number of halogens is 2. The van der Waals surface area contributed by atoms with Crippen molar-refractivity contribution in [2.24, 2.45) is 0 Å². The number of hydrogen-bond donors (Lipinski definition) is 1. The number of amides is 2. The predicted octanol–water partition coefficient (Wildman–Crippen LogP) is 4.63. The molecule has 0 spiro atoms. The Labute approximate surface area is 167 Å². The first-order valence-corrected chi connectivity index (χ1v) is 9.01. The van der Waals surface area contributed by atoms with E-state index in [0.29, 0.717) is 27.0 Å². The number of hydrazine groups is 1. The van der Waals surface area contributed by atoms with Crippen LogP contribution in [0.5, 0.6) is 5.75 Å². The van der Waals surface area contributed by atoms with Crippen molar-refractivity contribution in [1.29, 1.82) is 0 Å². The van der Waals surface area contributed by atoms with E-state index < -0.39 is 17.4 Å². The zero-order valence-corrected chi connectivity index (χ0v) is 16.6. The highest BCUT2D eigenvalue weighted by Crippen LogP contribution is 2.37. The van der Waals surface area contributed by atoms with E-state index in [-0.39, 0.29) is 5.57 Å². The third kappa shape index (κ3) is 4.26. The summed E-state index contributed by atoms with van der Waals surface area (Å²) in [7, 11) is 0. The summed E-state index contributed by atoms with van der Waals surface area (Å²) in [4.78, 5) is 24.9. The summed E-state index contributed by atoms with van der Waals surface area (Å²) in [5.74, 6) is -0.583. The number of benzene rings is 2. The molecule has 0 atom stereocenters. The van der Waals surface area contributed by atoms with E-state index in [1.54, 1.807) is 36.4 Å². The van der Waals surface area contributed by atoms with Gasteiger partial charge in [-0.25, -0.2) is 5.01 Å². The lowest BCUT2D eigenvalue weighted by atomic mass is 10.1. The molecule has 0 aliphatic carbocycles. The normalized spacial score (nSPS) is 16.0. The van der Waals surface area contributed by atoms with Crippen LogP contribution < -0.4 is 15.2 Å². The molecule has 0 aromatic heterocycles. The van der Waals surface area contributed by atoms with E-state index >= 15 is 0 Å². The number of hydrogen-bond acceptors (Lipinski definition) is 3. The number of ether oxygens (including phenoxy) is 1. The van der Waals surface area contributed by atoms with Gasteiger partial charge >= 0.3 is 0 Å². The lowest BCUT2D eigenvalue weighted by Crippen LogP contribution is -2.35. The van der Waals surface area contributed by atoms with Gasteiger partial charge in [0, 0.05) is 0 Å². The van der Waals surface area contributed by atoms with Gasteiger partial charge in [0.05, 0.1) is 15.7 Å². The molecule has 27 heavy (non-hydrogen) atoms.